The van der Waals surface area contributed by atoms with Crippen LogP contribution in [0.1, 0.15) is 27.2 Å². The van der Waals surface area contributed by atoms with Crippen molar-refractivity contribution in [3.63, 3.8) is 0 Å². The number of amides is 1. The van der Waals surface area contributed by atoms with Crippen molar-refractivity contribution in [2.75, 3.05) is 26.2 Å². The summed E-state index contributed by atoms with van der Waals surface area (Å²) in [7, 11) is 0. The molecule has 84 valence electrons. The normalized spacial score (nSPS) is 11.4. The first-order valence-electron chi connectivity index (χ1n) is 5.04. The molecule has 3 N–H and O–H groups in total. The summed E-state index contributed by atoms with van der Waals surface area (Å²) >= 11 is 0. The van der Waals surface area contributed by atoms with Crippen LogP contribution < -0.4 is 10.6 Å². The van der Waals surface area contributed by atoms with Gasteiger partial charge in [-0.25, -0.2) is 0 Å². The van der Waals surface area contributed by atoms with Gasteiger partial charge in [-0.15, -0.1) is 0 Å². The maximum absolute atomic E-state index is 10.5. The van der Waals surface area contributed by atoms with Gasteiger partial charge in [0.1, 0.15) is 0 Å². The predicted octanol–water partition coefficient (Wildman–Crippen LogP) is 0.121. The summed E-state index contributed by atoms with van der Waals surface area (Å²) in [6.45, 7) is 8.23. The molecule has 4 heteroatoms. The third-order valence-electron chi connectivity index (χ3n) is 2.07. The zero-order chi connectivity index (χ0) is 11.0. The first kappa shape index (κ1) is 13.4. The average molecular weight is 202 g/mol. The zero-order valence-electron chi connectivity index (χ0n) is 9.39. The molecule has 0 bridgehead atoms. The summed E-state index contributed by atoms with van der Waals surface area (Å²) in [5, 5.41) is 14.7. The van der Waals surface area contributed by atoms with E-state index >= 15 is 0 Å². The Morgan fingerprint density at radius 1 is 1.36 bits per heavy atom. The second kappa shape index (κ2) is 6.79. The Balaban J connectivity index is 3.39. The Morgan fingerprint density at radius 2 is 2.00 bits per heavy atom. The zero-order valence-corrected chi connectivity index (χ0v) is 9.39. The first-order valence-corrected chi connectivity index (χ1v) is 5.04. The van der Waals surface area contributed by atoms with Crippen LogP contribution in [0, 0.1) is 5.41 Å². The fourth-order valence-corrected chi connectivity index (χ4v) is 1.14. The standard InChI is InChI=1S/C10H22N2O2/c1-9(14)12-6-5-11-8-10(2,3)4-7-13/h11,13H,4-8H2,1-3H3,(H,12,14). The van der Waals surface area contributed by atoms with Crippen molar-refractivity contribution in [2.45, 2.75) is 27.2 Å². The summed E-state index contributed by atoms with van der Waals surface area (Å²) in [6, 6.07) is 0. The van der Waals surface area contributed by atoms with Gasteiger partial charge in [0.15, 0.2) is 0 Å². The van der Waals surface area contributed by atoms with Crippen molar-refractivity contribution in [1.29, 1.82) is 0 Å². The predicted molar refractivity (Wildman–Crippen MR) is 57.0 cm³/mol. The fraction of sp³-hybridized carbons (Fsp3) is 0.900. The molecule has 0 aliphatic carbocycles. The van der Waals surface area contributed by atoms with Crippen LogP contribution in [0.3, 0.4) is 0 Å². The van der Waals surface area contributed by atoms with Crippen LogP contribution in [0.25, 0.3) is 0 Å². The summed E-state index contributed by atoms with van der Waals surface area (Å²) in [5.41, 5.74) is 0.116. The van der Waals surface area contributed by atoms with Gasteiger partial charge in [-0.1, -0.05) is 13.8 Å². The van der Waals surface area contributed by atoms with Gasteiger partial charge in [-0.05, 0) is 11.8 Å². The lowest BCUT2D eigenvalue weighted by atomic mass is 9.90. The van der Waals surface area contributed by atoms with Crippen LogP contribution in [0.15, 0.2) is 0 Å². The van der Waals surface area contributed by atoms with Gasteiger partial charge in [0.2, 0.25) is 5.91 Å². The lowest BCUT2D eigenvalue weighted by Gasteiger charge is -2.23. The number of hydrogen-bond donors (Lipinski definition) is 3. The van der Waals surface area contributed by atoms with Gasteiger partial charge in [0, 0.05) is 33.2 Å². The van der Waals surface area contributed by atoms with Crippen molar-refractivity contribution in [3.05, 3.63) is 0 Å². The molecular formula is C10H22N2O2. The third-order valence-corrected chi connectivity index (χ3v) is 2.07. The van der Waals surface area contributed by atoms with Gasteiger partial charge in [0.25, 0.3) is 0 Å². The van der Waals surface area contributed by atoms with Crippen molar-refractivity contribution >= 4 is 5.91 Å². The molecule has 0 aromatic rings. The number of carbonyl (C=O) groups excluding carboxylic acids is 1. The molecule has 0 saturated heterocycles. The summed E-state index contributed by atoms with van der Waals surface area (Å²) in [6.07, 6.45) is 0.792. The van der Waals surface area contributed by atoms with Gasteiger partial charge < -0.3 is 15.7 Å². The second-order valence-corrected chi connectivity index (χ2v) is 4.30. The van der Waals surface area contributed by atoms with Crippen LogP contribution in [-0.4, -0.2) is 37.3 Å². The molecule has 0 heterocycles. The molecule has 0 radical (unpaired) electrons. The number of carbonyl (C=O) groups is 1. The highest BCUT2D eigenvalue weighted by molar-refractivity contribution is 5.72. The topological polar surface area (TPSA) is 61.4 Å². The smallest absolute Gasteiger partial charge is 0.216 e. The molecule has 1 amide bonds. The number of aliphatic hydroxyl groups is 1. The molecule has 0 spiro atoms. The van der Waals surface area contributed by atoms with E-state index in [0.717, 1.165) is 19.5 Å². The van der Waals surface area contributed by atoms with Crippen molar-refractivity contribution < 1.29 is 9.90 Å². The minimum absolute atomic E-state index is 0.00131. The molecule has 0 aliphatic heterocycles. The summed E-state index contributed by atoms with van der Waals surface area (Å²) in [5.74, 6) is 0.00131. The minimum atomic E-state index is 0.00131. The van der Waals surface area contributed by atoms with E-state index in [-0.39, 0.29) is 17.9 Å². The molecule has 0 unspecified atom stereocenters. The number of aliphatic hydroxyl groups excluding tert-OH is 1. The van der Waals surface area contributed by atoms with Crippen molar-refractivity contribution in [3.8, 4) is 0 Å². The molecule has 14 heavy (non-hydrogen) atoms. The average Bonchev–Trinajstić information content (AvgIpc) is 2.02. The molecule has 0 rings (SSSR count). The van der Waals surface area contributed by atoms with Crippen LogP contribution in [0.5, 0.6) is 0 Å². The van der Waals surface area contributed by atoms with E-state index in [9.17, 15) is 4.79 Å². The molecule has 0 fully saturated rings. The van der Waals surface area contributed by atoms with Gasteiger partial charge in [-0.3, -0.25) is 4.79 Å². The SMILES string of the molecule is CC(=O)NCCNCC(C)(C)CCO. The minimum Gasteiger partial charge on any atom is -0.396 e. The molecule has 0 aromatic heterocycles. The Labute approximate surface area is 86.1 Å². The first-order chi connectivity index (χ1) is 6.48. The van der Waals surface area contributed by atoms with Gasteiger partial charge in [0.05, 0.1) is 0 Å². The Bertz CT molecular complexity index is 170. The van der Waals surface area contributed by atoms with E-state index in [0.29, 0.717) is 6.54 Å². The third kappa shape index (κ3) is 8.01. The quantitative estimate of drug-likeness (QED) is 0.514. The number of nitrogens with one attached hydrogen (secondary N) is 2. The molecular weight excluding hydrogens is 180 g/mol. The number of rotatable bonds is 7. The highest BCUT2D eigenvalue weighted by atomic mass is 16.3. The summed E-state index contributed by atoms with van der Waals surface area (Å²) in [4.78, 5) is 10.5. The van der Waals surface area contributed by atoms with E-state index in [2.05, 4.69) is 24.5 Å². The van der Waals surface area contributed by atoms with E-state index in [1.165, 1.54) is 6.92 Å². The largest absolute Gasteiger partial charge is 0.396 e. The Kier molecular flexibility index (Phi) is 6.49. The number of hydrogen-bond acceptors (Lipinski definition) is 3. The molecule has 0 aliphatic rings. The Hall–Kier alpha value is -0.610. The van der Waals surface area contributed by atoms with E-state index in [1.807, 2.05) is 0 Å². The molecule has 0 aromatic carbocycles. The maximum Gasteiger partial charge on any atom is 0.216 e. The van der Waals surface area contributed by atoms with Crippen molar-refractivity contribution in [1.82, 2.24) is 10.6 Å². The summed E-state index contributed by atoms with van der Waals surface area (Å²) < 4.78 is 0. The lowest BCUT2D eigenvalue weighted by molar-refractivity contribution is -0.118. The molecule has 0 atom stereocenters. The second-order valence-electron chi connectivity index (χ2n) is 4.30. The van der Waals surface area contributed by atoms with Crippen LogP contribution >= 0.6 is 0 Å². The van der Waals surface area contributed by atoms with Crippen molar-refractivity contribution in [2.24, 2.45) is 5.41 Å². The van der Waals surface area contributed by atoms with E-state index in [4.69, 9.17) is 5.11 Å². The lowest BCUT2D eigenvalue weighted by Crippen LogP contribution is -2.35. The van der Waals surface area contributed by atoms with Crippen LogP contribution in [0.2, 0.25) is 0 Å². The highest BCUT2D eigenvalue weighted by Gasteiger charge is 2.15. The van der Waals surface area contributed by atoms with Crippen LogP contribution in [0.4, 0.5) is 0 Å². The van der Waals surface area contributed by atoms with E-state index < -0.39 is 0 Å². The van der Waals surface area contributed by atoms with E-state index in [1.54, 1.807) is 0 Å². The molecule has 0 saturated carbocycles. The van der Waals surface area contributed by atoms with Crippen LogP contribution in [-0.2, 0) is 4.79 Å². The monoisotopic (exact) mass is 202 g/mol. The fourth-order valence-electron chi connectivity index (χ4n) is 1.14. The Morgan fingerprint density at radius 3 is 2.50 bits per heavy atom. The molecule has 4 nitrogen and oxygen atoms in total. The van der Waals surface area contributed by atoms with Gasteiger partial charge >= 0.3 is 0 Å². The maximum atomic E-state index is 10.5. The van der Waals surface area contributed by atoms with Gasteiger partial charge in [-0.2, -0.15) is 0 Å². The highest BCUT2D eigenvalue weighted by Crippen LogP contribution is 2.17.